The molecule has 0 radical (unpaired) electrons. The number of rotatable bonds is 6. The first-order valence-electron chi connectivity index (χ1n) is 6.72. The molecule has 114 valence electrons. The number of amides is 2. The van der Waals surface area contributed by atoms with Crippen molar-refractivity contribution in [3.05, 3.63) is 18.2 Å². The van der Waals surface area contributed by atoms with Gasteiger partial charge in [0.05, 0.1) is 11.7 Å². The van der Waals surface area contributed by atoms with E-state index in [2.05, 4.69) is 10.6 Å². The Balaban J connectivity index is 1.95. The number of benzene rings is 1. The van der Waals surface area contributed by atoms with Crippen LogP contribution >= 0.6 is 0 Å². The summed E-state index contributed by atoms with van der Waals surface area (Å²) in [7, 11) is 1.61. The summed E-state index contributed by atoms with van der Waals surface area (Å²) in [6, 6.07) is 4.45. The van der Waals surface area contributed by atoms with Crippen LogP contribution in [-0.2, 0) is 14.3 Å². The van der Waals surface area contributed by atoms with E-state index in [0.717, 1.165) is 6.42 Å². The molecule has 7 nitrogen and oxygen atoms in total. The van der Waals surface area contributed by atoms with Gasteiger partial charge in [0, 0.05) is 19.4 Å². The molecule has 7 heteroatoms. The number of methoxy groups -OCH3 is 1. The van der Waals surface area contributed by atoms with Crippen molar-refractivity contribution in [1.82, 2.24) is 0 Å². The van der Waals surface area contributed by atoms with Gasteiger partial charge in [0.1, 0.15) is 5.75 Å². The van der Waals surface area contributed by atoms with Gasteiger partial charge in [-0.05, 0) is 31.0 Å². The monoisotopic (exact) mass is 293 g/mol. The van der Waals surface area contributed by atoms with Crippen LogP contribution in [0, 0.1) is 0 Å². The van der Waals surface area contributed by atoms with Gasteiger partial charge in [0.25, 0.3) is 5.91 Å². The van der Waals surface area contributed by atoms with Crippen molar-refractivity contribution in [1.29, 1.82) is 0 Å². The quantitative estimate of drug-likeness (QED) is 0.670. The van der Waals surface area contributed by atoms with Gasteiger partial charge in [-0.15, -0.1) is 0 Å². The molecule has 1 unspecified atom stereocenters. The lowest BCUT2D eigenvalue weighted by Gasteiger charge is -2.19. The third-order valence-corrected chi connectivity index (χ3v) is 3.08. The Bertz CT molecular complexity index is 533. The average molecular weight is 293 g/mol. The lowest BCUT2D eigenvalue weighted by Crippen LogP contribution is -2.35. The van der Waals surface area contributed by atoms with Crippen LogP contribution in [0.5, 0.6) is 5.75 Å². The molecule has 1 aliphatic heterocycles. The molecular formula is C14H19N3O4. The van der Waals surface area contributed by atoms with Gasteiger partial charge in [-0.2, -0.15) is 0 Å². The SMILES string of the molecule is COCCCC(N)C(=O)Nc1ccc2c(c1)NC(=O)CO2. The molecule has 0 saturated heterocycles. The molecule has 21 heavy (non-hydrogen) atoms. The second-order valence-corrected chi connectivity index (χ2v) is 4.78. The summed E-state index contributed by atoms with van der Waals surface area (Å²) >= 11 is 0. The molecule has 4 N–H and O–H groups in total. The van der Waals surface area contributed by atoms with E-state index in [9.17, 15) is 9.59 Å². The van der Waals surface area contributed by atoms with E-state index in [4.69, 9.17) is 15.2 Å². The van der Waals surface area contributed by atoms with Crippen molar-refractivity contribution < 1.29 is 19.1 Å². The van der Waals surface area contributed by atoms with Gasteiger partial charge < -0.3 is 25.8 Å². The van der Waals surface area contributed by atoms with Crippen LogP contribution < -0.4 is 21.1 Å². The van der Waals surface area contributed by atoms with E-state index in [1.807, 2.05) is 0 Å². The van der Waals surface area contributed by atoms with Crippen molar-refractivity contribution in [2.75, 3.05) is 31.0 Å². The highest BCUT2D eigenvalue weighted by Gasteiger charge is 2.18. The zero-order valence-corrected chi connectivity index (χ0v) is 11.8. The van der Waals surface area contributed by atoms with Gasteiger partial charge in [0.2, 0.25) is 5.91 Å². The average Bonchev–Trinajstić information content (AvgIpc) is 2.46. The molecule has 1 aromatic carbocycles. The molecule has 2 amide bonds. The van der Waals surface area contributed by atoms with Gasteiger partial charge in [-0.3, -0.25) is 9.59 Å². The molecule has 0 spiro atoms. The van der Waals surface area contributed by atoms with Crippen LogP contribution in [0.4, 0.5) is 11.4 Å². The normalized spacial score (nSPS) is 14.7. The molecule has 0 aromatic heterocycles. The molecule has 0 aliphatic carbocycles. The van der Waals surface area contributed by atoms with Crippen LogP contribution in [-0.4, -0.2) is 38.2 Å². The lowest BCUT2D eigenvalue weighted by atomic mass is 10.1. The molecule has 1 atom stereocenters. The third kappa shape index (κ3) is 4.17. The maximum absolute atomic E-state index is 11.9. The van der Waals surface area contributed by atoms with Crippen molar-refractivity contribution in [3.63, 3.8) is 0 Å². The summed E-state index contributed by atoms with van der Waals surface area (Å²) in [6.45, 7) is 0.576. The third-order valence-electron chi connectivity index (χ3n) is 3.08. The smallest absolute Gasteiger partial charge is 0.262 e. The number of nitrogens with one attached hydrogen (secondary N) is 2. The number of hydrogen-bond acceptors (Lipinski definition) is 5. The summed E-state index contributed by atoms with van der Waals surface area (Å²) < 4.78 is 10.2. The number of nitrogens with two attached hydrogens (primary N) is 1. The highest BCUT2D eigenvalue weighted by atomic mass is 16.5. The molecule has 2 rings (SSSR count). The fourth-order valence-electron chi connectivity index (χ4n) is 1.97. The van der Waals surface area contributed by atoms with Crippen LogP contribution in [0.15, 0.2) is 18.2 Å². The molecule has 1 heterocycles. The Morgan fingerprint density at radius 2 is 2.38 bits per heavy atom. The van der Waals surface area contributed by atoms with Gasteiger partial charge in [0.15, 0.2) is 6.61 Å². The standard InChI is InChI=1S/C14H19N3O4/c1-20-6-2-3-10(15)14(19)16-9-4-5-12-11(7-9)17-13(18)8-21-12/h4-5,7,10H,2-3,6,8,15H2,1H3,(H,16,19)(H,17,18). The first-order valence-corrected chi connectivity index (χ1v) is 6.72. The Kier molecular flexibility index (Phi) is 5.13. The van der Waals surface area contributed by atoms with E-state index >= 15 is 0 Å². The van der Waals surface area contributed by atoms with Crippen molar-refractivity contribution in [2.24, 2.45) is 5.73 Å². The zero-order valence-electron chi connectivity index (χ0n) is 11.8. The number of hydrogen-bond donors (Lipinski definition) is 3. The van der Waals surface area contributed by atoms with Crippen molar-refractivity contribution >= 4 is 23.2 Å². The summed E-state index contributed by atoms with van der Waals surface area (Å²) in [5.74, 6) is 0.0911. The first-order chi connectivity index (χ1) is 10.1. The maximum Gasteiger partial charge on any atom is 0.262 e. The van der Waals surface area contributed by atoms with Crippen LogP contribution in [0.2, 0.25) is 0 Å². The summed E-state index contributed by atoms with van der Waals surface area (Å²) in [6.07, 6.45) is 1.27. The predicted molar refractivity (Wildman–Crippen MR) is 78.3 cm³/mol. The van der Waals surface area contributed by atoms with Crippen molar-refractivity contribution in [2.45, 2.75) is 18.9 Å². The Morgan fingerprint density at radius 1 is 1.57 bits per heavy atom. The lowest BCUT2D eigenvalue weighted by molar-refractivity contribution is -0.119. The van der Waals surface area contributed by atoms with Gasteiger partial charge >= 0.3 is 0 Å². The fraction of sp³-hybridized carbons (Fsp3) is 0.429. The van der Waals surface area contributed by atoms with Gasteiger partial charge in [-0.25, -0.2) is 0 Å². The Hall–Kier alpha value is -2.12. The Labute approximate surface area is 122 Å². The van der Waals surface area contributed by atoms with Crippen molar-refractivity contribution in [3.8, 4) is 5.75 Å². The predicted octanol–water partition coefficient (Wildman–Crippen LogP) is 0.710. The summed E-state index contributed by atoms with van der Waals surface area (Å²) in [5.41, 5.74) is 6.90. The second kappa shape index (κ2) is 7.05. The molecule has 1 aliphatic rings. The number of carbonyl (C=O) groups is 2. The van der Waals surface area contributed by atoms with Crippen LogP contribution in [0.3, 0.4) is 0 Å². The fourth-order valence-corrected chi connectivity index (χ4v) is 1.97. The zero-order chi connectivity index (χ0) is 15.2. The number of ether oxygens (including phenoxy) is 2. The minimum atomic E-state index is -0.595. The van der Waals surface area contributed by atoms with E-state index in [1.165, 1.54) is 0 Å². The minimum absolute atomic E-state index is 0.00306. The van der Waals surface area contributed by atoms with Gasteiger partial charge in [-0.1, -0.05) is 0 Å². The second-order valence-electron chi connectivity index (χ2n) is 4.78. The van der Waals surface area contributed by atoms with E-state index < -0.39 is 6.04 Å². The maximum atomic E-state index is 11.9. The summed E-state index contributed by atoms with van der Waals surface area (Å²) in [4.78, 5) is 23.2. The molecular weight excluding hydrogens is 274 g/mol. The van der Waals surface area contributed by atoms with Crippen LogP contribution in [0.25, 0.3) is 0 Å². The largest absolute Gasteiger partial charge is 0.482 e. The number of carbonyl (C=O) groups excluding carboxylic acids is 2. The summed E-state index contributed by atoms with van der Waals surface area (Å²) in [5, 5.41) is 5.40. The topological polar surface area (TPSA) is 103 Å². The van der Waals surface area contributed by atoms with Crippen LogP contribution in [0.1, 0.15) is 12.8 Å². The first kappa shape index (κ1) is 15.3. The number of fused-ring (bicyclic) bond motifs is 1. The highest BCUT2D eigenvalue weighted by Crippen LogP contribution is 2.30. The highest BCUT2D eigenvalue weighted by molar-refractivity contribution is 5.98. The van der Waals surface area contributed by atoms with E-state index in [0.29, 0.717) is 30.2 Å². The Morgan fingerprint density at radius 3 is 3.14 bits per heavy atom. The molecule has 0 saturated carbocycles. The molecule has 0 fully saturated rings. The molecule has 1 aromatic rings. The molecule has 0 bridgehead atoms. The van der Waals surface area contributed by atoms with E-state index in [-0.39, 0.29) is 18.4 Å². The number of anilines is 2. The minimum Gasteiger partial charge on any atom is -0.482 e. The van der Waals surface area contributed by atoms with E-state index in [1.54, 1.807) is 25.3 Å².